The Balaban J connectivity index is 1.59. The van der Waals surface area contributed by atoms with Crippen LogP contribution in [0.2, 0.25) is 18.1 Å². The minimum atomic E-state index is -3.91. The number of fused-ring (bicyclic) bond motifs is 1. The van der Waals surface area contributed by atoms with E-state index < -0.39 is 30.0 Å². The van der Waals surface area contributed by atoms with Crippen LogP contribution in [0.4, 0.5) is 11.6 Å². The van der Waals surface area contributed by atoms with E-state index in [0.29, 0.717) is 30.2 Å². The summed E-state index contributed by atoms with van der Waals surface area (Å²) < 4.78 is 40.1. The Bertz CT molecular complexity index is 1720. The van der Waals surface area contributed by atoms with Gasteiger partial charge in [0.1, 0.15) is 5.52 Å². The predicted octanol–water partition coefficient (Wildman–Crippen LogP) is 3.79. The average Bonchev–Trinajstić information content (AvgIpc) is 3.51. The van der Waals surface area contributed by atoms with Crippen molar-refractivity contribution >= 4 is 40.9 Å². The van der Waals surface area contributed by atoms with Gasteiger partial charge in [0.15, 0.2) is 8.32 Å². The topological polar surface area (TPSA) is 144 Å². The van der Waals surface area contributed by atoms with Crippen molar-refractivity contribution in [3.05, 3.63) is 40.4 Å². The Morgan fingerprint density at radius 2 is 1.87 bits per heavy atom. The first-order valence-corrected chi connectivity index (χ1v) is 20.2. The molecule has 3 heterocycles. The highest BCUT2D eigenvalue weighted by Gasteiger charge is 2.42. The van der Waals surface area contributed by atoms with Crippen molar-refractivity contribution in [2.24, 2.45) is 7.05 Å². The van der Waals surface area contributed by atoms with E-state index in [-0.39, 0.29) is 40.1 Å². The van der Waals surface area contributed by atoms with Gasteiger partial charge in [-0.15, -0.1) is 0 Å². The number of piperidine rings is 1. The van der Waals surface area contributed by atoms with Gasteiger partial charge in [-0.3, -0.25) is 14.0 Å². The Labute approximate surface area is 267 Å². The SMILES string of the molecule is C[C@H](O)CNc1nc2c(N3CCC(O[Si](C)(C)C(C)(C)C)CC3)cc(S(=O)(=O)NC3(C)CC3)cc2c(=O)n1Cc1cnn(C)c1. The second kappa shape index (κ2) is 12.1. The number of rotatable bonds is 11. The molecular weight excluding hydrogens is 611 g/mol. The lowest BCUT2D eigenvalue weighted by Gasteiger charge is -2.42. The van der Waals surface area contributed by atoms with Gasteiger partial charge in [-0.25, -0.2) is 18.1 Å². The molecule has 45 heavy (non-hydrogen) atoms. The van der Waals surface area contributed by atoms with Gasteiger partial charge in [-0.2, -0.15) is 5.10 Å². The van der Waals surface area contributed by atoms with Crippen molar-refractivity contribution in [2.45, 2.75) is 108 Å². The molecule has 2 aliphatic rings. The summed E-state index contributed by atoms with van der Waals surface area (Å²) in [4.78, 5) is 21.4. The van der Waals surface area contributed by atoms with Crippen molar-refractivity contribution in [1.29, 1.82) is 0 Å². The molecule has 14 heteroatoms. The van der Waals surface area contributed by atoms with Gasteiger partial charge in [0.05, 0.1) is 34.8 Å². The summed E-state index contributed by atoms with van der Waals surface area (Å²) in [6, 6.07) is 3.11. The summed E-state index contributed by atoms with van der Waals surface area (Å²) in [5.41, 5.74) is 0.975. The van der Waals surface area contributed by atoms with Crippen molar-refractivity contribution in [3.8, 4) is 0 Å². The van der Waals surface area contributed by atoms with Crippen LogP contribution < -0.4 is 20.5 Å². The molecule has 2 aromatic heterocycles. The van der Waals surface area contributed by atoms with E-state index >= 15 is 0 Å². The van der Waals surface area contributed by atoms with E-state index in [4.69, 9.17) is 9.41 Å². The first-order chi connectivity index (χ1) is 20.9. The Kier molecular flexibility index (Phi) is 9.03. The molecular formula is C31H49N7O5SSi. The number of aliphatic hydroxyl groups excluding tert-OH is 1. The standard InChI is InChI=1S/C31H49N7O5SSi/c1-21(39)17-32-29-34-27-25(28(40)38(29)20-22-18-33-36(6)19-22)15-24(44(41,42)35-31(5)11-12-31)16-26(27)37-13-9-23(10-14-37)43-45(7,8)30(2,3)4/h15-16,18-19,21,23,35,39H,9-14,17,20H2,1-8H3,(H,32,34)/t21-/m0/s1. The highest BCUT2D eigenvalue weighted by Crippen LogP contribution is 2.40. The zero-order valence-electron chi connectivity index (χ0n) is 27.8. The highest BCUT2D eigenvalue weighted by molar-refractivity contribution is 7.89. The molecule has 1 aromatic carbocycles. The number of nitrogens with one attached hydrogen (secondary N) is 2. The first-order valence-electron chi connectivity index (χ1n) is 15.8. The molecule has 1 atom stereocenters. The lowest BCUT2D eigenvalue weighted by atomic mass is 10.1. The summed E-state index contributed by atoms with van der Waals surface area (Å²) in [6.45, 7) is 16.4. The Morgan fingerprint density at radius 1 is 1.20 bits per heavy atom. The maximum atomic E-state index is 14.3. The van der Waals surface area contributed by atoms with Crippen LogP contribution >= 0.6 is 0 Å². The molecule has 0 radical (unpaired) electrons. The quantitative estimate of drug-likeness (QED) is 0.262. The molecule has 1 aliphatic carbocycles. The van der Waals surface area contributed by atoms with Crippen LogP contribution in [0.5, 0.6) is 0 Å². The van der Waals surface area contributed by atoms with Gasteiger partial charge in [0.25, 0.3) is 5.56 Å². The lowest BCUT2D eigenvalue weighted by Crippen LogP contribution is -2.47. The van der Waals surface area contributed by atoms with Crippen LogP contribution in [0.1, 0.15) is 65.9 Å². The van der Waals surface area contributed by atoms with Gasteiger partial charge in [-0.05, 0) is 69.8 Å². The third-order valence-electron chi connectivity index (χ3n) is 9.41. The fourth-order valence-corrected chi connectivity index (χ4v) is 8.35. The Hall–Kier alpha value is -2.78. The van der Waals surface area contributed by atoms with E-state index in [2.05, 4.69) is 53.9 Å². The maximum absolute atomic E-state index is 14.3. The van der Waals surface area contributed by atoms with Gasteiger partial charge in [-0.1, -0.05) is 20.8 Å². The van der Waals surface area contributed by atoms with Gasteiger partial charge in [0.2, 0.25) is 16.0 Å². The summed E-state index contributed by atoms with van der Waals surface area (Å²) >= 11 is 0. The Morgan fingerprint density at radius 3 is 2.42 bits per heavy atom. The monoisotopic (exact) mass is 659 g/mol. The van der Waals surface area contributed by atoms with E-state index in [1.807, 2.05) is 13.1 Å². The van der Waals surface area contributed by atoms with E-state index in [0.717, 1.165) is 31.2 Å². The lowest BCUT2D eigenvalue weighted by molar-refractivity contribution is 0.152. The molecule has 3 aromatic rings. The number of anilines is 2. The molecule has 0 amide bonds. The van der Waals surface area contributed by atoms with Gasteiger partial charge < -0.3 is 19.7 Å². The molecule has 0 bridgehead atoms. The zero-order valence-corrected chi connectivity index (χ0v) is 29.7. The second-order valence-corrected chi connectivity index (χ2v) is 21.1. The highest BCUT2D eigenvalue weighted by atomic mass is 32.2. The molecule has 1 saturated carbocycles. The van der Waals surface area contributed by atoms with Crippen LogP contribution in [0.3, 0.4) is 0 Å². The largest absolute Gasteiger partial charge is 0.414 e. The first kappa shape index (κ1) is 33.6. The molecule has 0 spiro atoms. The minimum absolute atomic E-state index is 0.0503. The van der Waals surface area contributed by atoms with E-state index in [9.17, 15) is 18.3 Å². The normalized spacial score (nSPS) is 18.4. The molecule has 3 N–H and O–H groups in total. The van der Waals surface area contributed by atoms with Crippen LogP contribution in [-0.4, -0.2) is 78.6 Å². The van der Waals surface area contributed by atoms with E-state index in [1.165, 1.54) is 10.6 Å². The second-order valence-electron chi connectivity index (χ2n) is 14.6. The number of hydrogen-bond acceptors (Lipinski definition) is 9. The number of benzene rings is 1. The molecule has 1 aliphatic heterocycles. The van der Waals surface area contributed by atoms with E-state index in [1.54, 1.807) is 30.9 Å². The summed E-state index contributed by atoms with van der Waals surface area (Å²) in [5, 5.41) is 17.7. The third-order valence-corrected chi connectivity index (χ3v) is 15.6. The van der Waals surface area contributed by atoms with Crippen molar-refractivity contribution in [1.82, 2.24) is 24.1 Å². The summed E-state index contributed by atoms with van der Waals surface area (Å²) in [6.07, 6.45) is 6.04. The predicted molar refractivity (Wildman–Crippen MR) is 180 cm³/mol. The van der Waals surface area contributed by atoms with Crippen molar-refractivity contribution in [3.63, 3.8) is 0 Å². The fourth-order valence-electron chi connectivity index (χ4n) is 5.42. The summed E-state index contributed by atoms with van der Waals surface area (Å²) in [5.74, 6) is 0.300. The molecule has 1 saturated heterocycles. The number of aromatic nitrogens is 4. The van der Waals surface area contributed by atoms with Crippen LogP contribution in [0.15, 0.2) is 34.2 Å². The molecule has 5 rings (SSSR count). The van der Waals surface area contributed by atoms with Crippen LogP contribution in [0.25, 0.3) is 10.9 Å². The van der Waals surface area contributed by atoms with Gasteiger partial charge in [0, 0.05) is 50.1 Å². The van der Waals surface area contributed by atoms with Gasteiger partial charge >= 0.3 is 0 Å². The number of sulfonamides is 1. The average molecular weight is 660 g/mol. The van der Waals surface area contributed by atoms with Crippen molar-refractivity contribution in [2.75, 3.05) is 29.9 Å². The smallest absolute Gasteiger partial charge is 0.263 e. The minimum Gasteiger partial charge on any atom is -0.414 e. The zero-order chi connectivity index (χ0) is 32.9. The number of aliphatic hydroxyl groups is 1. The number of hydrogen-bond donors (Lipinski definition) is 3. The summed E-state index contributed by atoms with van der Waals surface area (Å²) in [7, 11) is -4.07. The number of aryl methyl sites for hydroxylation is 1. The molecule has 2 fully saturated rings. The van der Waals surface area contributed by atoms with Crippen molar-refractivity contribution < 1.29 is 18.0 Å². The van der Waals surface area contributed by atoms with Crippen LogP contribution in [0, 0.1) is 0 Å². The molecule has 248 valence electrons. The molecule has 12 nitrogen and oxygen atoms in total. The molecule has 0 unspecified atom stereocenters. The fraction of sp³-hybridized carbons (Fsp3) is 0.645. The van der Waals surface area contributed by atoms with Crippen LogP contribution in [-0.2, 0) is 28.0 Å². The number of nitrogens with zero attached hydrogens (tertiary/aromatic N) is 5. The third kappa shape index (κ3) is 7.45. The maximum Gasteiger partial charge on any atom is 0.263 e.